The zero-order valence-corrected chi connectivity index (χ0v) is 11.9. The number of halogens is 1. The van der Waals surface area contributed by atoms with Gasteiger partial charge in [0.05, 0.1) is 17.7 Å². The van der Waals surface area contributed by atoms with Crippen molar-refractivity contribution in [1.29, 1.82) is 0 Å². The molecule has 0 aliphatic heterocycles. The third kappa shape index (κ3) is 2.97. The second-order valence-electron chi connectivity index (χ2n) is 4.30. The Morgan fingerprint density at radius 3 is 2.62 bits per heavy atom. The second kappa shape index (κ2) is 5.44. The molecule has 0 spiro atoms. The Morgan fingerprint density at radius 1 is 1.38 bits per heavy atom. The summed E-state index contributed by atoms with van der Waals surface area (Å²) in [5.74, 6) is 0.125. The number of nitrogens with zero attached hydrogens (tertiary/aromatic N) is 5. The molecule has 21 heavy (non-hydrogen) atoms. The summed E-state index contributed by atoms with van der Waals surface area (Å²) in [6.45, 7) is 1.37. The molecule has 0 amide bonds. The first-order valence-corrected chi connectivity index (χ1v) is 6.12. The first-order valence-electron chi connectivity index (χ1n) is 5.74. The van der Waals surface area contributed by atoms with Crippen LogP contribution in [0.25, 0.3) is 0 Å². The van der Waals surface area contributed by atoms with Gasteiger partial charge >= 0.3 is 16.9 Å². The molecular weight excluding hydrogens is 302 g/mol. The molecule has 2 aromatic rings. The molecule has 2 aromatic heterocycles. The summed E-state index contributed by atoms with van der Waals surface area (Å²) >= 11 is 5.78. The van der Waals surface area contributed by atoms with Crippen LogP contribution in [0.1, 0.15) is 11.5 Å². The van der Waals surface area contributed by atoms with Gasteiger partial charge in [0.1, 0.15) is 11.0 Å². The first kappa shape index (κ1) is 14.9. The van der Waals surface area contributed by atoms with E-state index in [0.29, 0.717) is 10.3 Å². The fraction of sp³-hybridized carbons (Fsp3) is 0.273. The van der Waals surface area contributed by atoms with Gasteiger partial charge in [0.25, 0.3) is 0 Å². The van der Waals surface area contributed by atoms with Gasteiger partial charge in [-0.25, -0.2) is 19.3 Å². The predicted octanol–water partition coefficient (Wildman–Crippen LogP) is 0.255. The lowest BCUT2D eigenvalue weighted by atomic mass is 10.4. The van der Waals surface area contributed by atoms with E-state index in [4.69, 9.17) is 11.6 Å². The fourth-order valence-corrected chi connectivity index (χ4v) is 2.03. The van der Waals surface area contributed by atoms with E-state index in [1.54, 1.807) is 6.92 Å². The van der Waals surface area contributed by atoms with Crippen molar-refractivity contribution in [3.63, 3.8) is 0 Å². The van der Waals surface area contributed by atoms with E-state index in [0.717, 1.165) is 10.8 Å². The van der Waals surface area contributed by atoms with Gasteiger partial charge in [-0.1, -0.05) is 11.6 Å². The van der Waals surface area contributed by atoms with Crippen LogP contribution in [0, 0.1) is 17.0 Å². The van der Waals surface area contributed by atoms with Crippen LogP contribution >= 0.6 is 11.6 Å². The van der Waals surface area contributed by atoms with Gasteiger partial charge in [-0.15, -0.1) is 0 Å². The summed E-state index contributed by atoms with van der Waals surface area (Å²) < 4.78 is 1.65. The molecule has 0 aliphatic rings. The van der Waals surface area contributed by atoms with E-state index in [9.17, 15) is 19.7 Å². The van der Waals surface area contributed by atoms with E-state index in [2.05, 4.69) is 9.97 Å². The molecule has 2 heterocycles. The summed E-state index contributed by atoms with van der Waals surface area (Å²) in [6, 6.07) is 1.51. The fourth-order valence-electron chi connectivity index (χ4n) is 1.77. The minimum Gasteiger partial charge on any atom is -0.297 e. The summed E-state index contributed by atoms with van der Waals surface area (Å²) in [5.41, 5.74) is -1.85. The molecule has 0 aromatic carbocycles. The largest absolute Gasteiger partial charge is 0.350 e. The molecule has 0 aliphatic carbocycles. The van der Waals surface area contributed by atoms with E-state index in [-0.39, 0.29) is 17.5 Å². The lowest BCUT2D eigenvalue weighted by molar-refractivity contribution is -0.387. The van der Waals surface area contributed by atoms with Gasteiger partial charge < -0.3 is 0 Å². The monoisotopic (exact) mass is 311 g/mol. The van der Waals surface area contributed by atoms with Crippen LogP contribution in [0.3, 0.4) is 0 Å². The lowest BCUT2D eigenvalue weighted by Crippen LogP contribution is -2.40. The zero-order chi connectivity index (χ0) is 15.7. The molecule has 0 unspecified atom stereocenters. The van der Waals surface area contributed by atoms with E-state index in [1.165, 1.54) is 13.1 Å². The minimum absolute atomic E-state index is 0.125. The molecule has 10 heteroatoms. The molecule has 9 nitrogen and oxygen atoms in total. The van der Waals surface area contributed by atoms with Crippen LogP contribution in [-0.2, 0) is 13.6 Å². The quantitative estimate of drug-likeness (QED) is 0.456. The molecule has 0 N–H and O–H groups in total. The number of nitro groups is 1. The van der Waals surface area contributed by atoms with Crippen molar-refractivity contribution >= 4 is 17.3 Å². The average Bonchev–Trinajstić information content (AvgIpc) is 2.37. The van der Waals surface area contributed by atoms with Crippen LogP contribution in [0.15, 0.2) is 21.9 Å². The minimum atomic E-state index is -1.01. The highest BCUT2D eigenvalue weighted by molar-refractivity contribution is 6.29. The van der Waals surface area contributed by atoms with E-state index >= 15 is 0 Å². The first-order chi connectivity index (χ1) is 9.79. The number of hydrogen-bond acceptors (Lipinski definition) is 6. The van der Waals surface area contributed by atoms with Gasteiger partial charge in [-0.05, 0) is 13.0 Å². The Bertz CT molecular complexity index is 821. The highest BCUT2D eigenvalue weighted by Crippen LogP contribution is 2.07. The molecule has 110 valence electrons. The van der Waals surface area contributed by atoms with Crippen molar-refractivity contribution in [2.24, 2.45) is 7.05 Å². The highest BCUT2D eigenvalue weighted by Gasteiger charge is 2.19. The van der Waals surface area contributed by atoms with Gasteiger partial charge in [-0.3, -0.25) is 19.5 Å². The SMILES string of the molecule is Cc1cc(Cl)nc(Cn2c(=O)c([N+](=O)[O-])cn(C)c2=O)n1. The zero-order valence-electron chi connectivity index (χ0n) is 11.1. The van der Waals surface area contributed by atoms with Crippen molar-refractivity contribution < 1.29 is 4.92 Å². The summed E-state index contributed by atoms with van der Waals surface area (Å²) in [5, 5.41) is 11.0. The molecule has 0 saturated carbocycles. The maximum absolute atomic E-state index is 12.0. The van der Waals surface area contributed by atoms with Gasteiger partial charge in [0.15, 0.2) is 0 Å². The average molecular weight is 312 g/mol. The van der Waals surface area contributed by atoms with E-state index in [1.807, 2.05) is 0 Å². The Morgan fingerprint density at radius 2 is 2.05 bits per heavy atom. The van der Waals surface area contributed by atoms with Crippen LogP contribution in [0.2, 0.25) is 5.15 Å². The Kier molecular flexibility index (Phi) is 3.85. The summed E-state index contributed by atoms with van der Waals surface area (Å²) in [6.07, 6.45) is 0.880. The number of rotatable bonds is 3. The normalized spacial score (nSPS) is 10.6. The van der Waals surface area contributed by atoms with Gasteiger partial charge in [0.2, 0.25) is 0 Å². The lowest BCUT2D eigenvalue weighted by Gasteiger charge is -2.07. The molecular formula is C11H10ClN5O4. The van der Waals surface area contributed by atoms with Gasteiger partial charge in [0, 0.05) is 12.7 Å². The van der Waals surface area contributed by atoms with Crippen molar-refractivity contribution in [1.82, 2.24) is 19.1 Å². The van der Waals surface area contributed by atoms with Crippen molar-refractivity contribution in [2.45, 2.75) is 13.5 Å². The van der Waals surface area contributed by atoms with Crippen molar-refractivity contribution in [2.75, 3.05) is 0 Å². The molecule has 2 rings (SSSR count). The number of aryl methyl sites for hydroxylation is 2. The van der Waals surface area contributed by atoms with Crippen molar-refractivity contribution in [3.05, 3.63) is 59.9 Å². The van der Waals surface area contributed by atoms with Crippen molar-refractivity contribution in [3.8, 4) is 0 Å². The van der Waals surface area contributed by atoms with E-state index < -0.39 is 21.9 Å². The maximum Gasteiger partial charge on any atom is 0.350 e. The Balaban J connectivity index is 2.61. The van der Waals surface area contributed by atoms with Crippen LogP contribution in [0.4, 0.5) is 5.69 Å². The molecule has 0 radical (unpaired) electrons. The van der Waals surface area contributed by atoms with Gasteiger partial charge in [-0.2, -0.15) is 0 Å². The Hall–Kier alpha value is -2.55. The maximum atomic E-state index is 12.0. The van der Waals surface area contributed by atoms with Crippen LogP contribution < -0.4 is 11.2 Å². The molecule has 0 saturated heterocycles. The topological polar surface area (TPSA) is 113 Å². The summed E-state index contributed by atoms with van der Waals surface area (Å²) in [7, 11) is 1.31. The standard InChI is InChI=1S/C11H10ClN5O4/c1-6-3-8(12)14-9(13-6)5-16-10(18)7(17(20)21)4-15(2)11(16)19/h3-4H,5H2,1-2H3. The highest BCUT2D eigenvalue weighted by atomic mass is 35.5. The molecule has 0 atom stereocenters. The molecule has 0 fully saturated rings. The number of hydrogen-bond donors (Lipinski definition) is 0. The molecule has 0 bridgehead atoms. The smallest absolute Gasteiger partial charge is 0.297 e. The number of aromatic nitrogens is 4. The third-order valence-electron chi connectivity index (χ3n) is 2.68. The van der Waals surface area contributed by atoms with Crippen LogP contribution in [-0.4, -0.2) is 24.0 Å². The predicted molar refractivity (Wildman–Crippen MR) is 73.5 cm³/mol. The third-order valence-corrected chi connectivity index (χ3v) is 2.87. The summed E-state index contributed by atoms with van der Waals surface area (Å²) in [4.78, 5) is 41.8. The Labute approximate surface area is 122 Å². The second-order valence-corrected chi connectivity index (χ2v) is 4.69. The van der Waals surface area contributed by atoms with Crippen LogP contribution in [0.5, 0.6) is 0 Å².